The van der Waals surface area contributed by atoms with Gasteiger partial charge in [0.25, 0.3) is 0 Å². The molecule has 0 bridgehead atoms. The smallest absolute Gasteiger partial charge is 0.163 e. The van der Waals surface area contributed by atoms with Crippen LogP contribution in [-0.4, -0.2) is 37.5 Å². The lowest BCUT2D eigenvalue weighted by atomic mass is 9.78. The Morgan fingerprint density at radius 3 is 2.35 bits per heavy atom. The molecule has 4 nitrogen and oxygen atoms in total. The molecule has 2 fully saturated rings. The van der Waals surface area contributed by atoms with Gasteiger partial charge in [0.15, 0.2) is 12.1 Å². The first-order valence-corrected chi connectivity index (χ1v) is 7.93. The van der Waals surface area contributed by atoms with E-state index in [-0.39, 0.29) is 12.4 Å². The van der Waals surface area contributed by atoms with Gasteiger partial charge >= 0.3 is 0 Å². The maximum absolute atomic E-state index is 6.12. The maximum Gasteiger partial charge on any atom is 0.163 e. The van der Waals surface area contributed by atoms with Gasteiger partial charge in [-0.2, -0.15) is 0 Å². The third-order valence-corrected chi connectivity index (χ3v) is 4.90. The van der Waals surface area contributed by atoms with Crippen molar-refractivity contribution in [2.75, 3.05) is 13.2 Å². The Morgan fingerprint density at radius 2 is 1.80 bits per heavy atom. The Balaban J connectivity index is 1.86. The Hall–Kier alpha value is -0.160. The molecule has 0 saturated carbocycles. The topological polar surface area (TPSA) is 36.9 Å². The first kappa shape index (κ1) is 16.2. The lowest BCUT2D eigenvalue weighted by Crippen LogP contribution is -2.46. The van der Waals surface area contributed by atoms with Crippen molar-refractivity contribution >= 4 is 0 Å². The summed E-state index contributed by atoms with van der Waals surface area (Å²) in [5.41, 5.74) is 0. The van der Waals surface area contributed by atoms with Crippen molar-refractivity contribution in [2.24, 2.45) is 17.8 Å². The van der Waals surface area contributed by atoms with Gasteiger partial charge in [-0.15, -0.1) is 0 Å². The highest BCUT2D eigenvalue weighted by Gasteiger charge is 2.40. The first-order chi connectivity index (χ1) is 9.34. The van der Waals surface area contributed by atoms with Crippen LogP contribution in [0.4, 0.5) is 0 Å². The summed E-state index contributed by atoms with van der Waals surface area (Å²) in [6.45, 7) is 14.0. The van der Waals surface area contributed by atoms with Gasteiger partial charge in [-0.25, -0.2) is 0 Å². The van der Waals surface area contributed by atoms with Crippen LogP contribution in [0.3, 0.4) is 0 Å². The van der Waals surface area contributed by atoms with Crippen LogP contribution in [0.2, 0.25) is 0 Å². The molecule has 0 N–H and O–H groups in total. The second-order valence-corrected chi connectivity index (χ2v) is 6.81. The third kappa shape index (κ3) is 3.53. The summed E-state index contributed by atoms with van der Waals surface area (Å²) in [6.07, 6.45) is 1.21. The van der Waals surface area contributed by atoms with Crippen LogP contribution in [0.5, 0.6) is 0 Å². The van der Waals surface area contributed by atoms with Crippen LogP contribution in [0.25, 0.3) is 0 Å². The number of hydrogen-bond acceptors (Lipinski definition) is 4. The van der Waals surface area contributed by atoms with Gasteiger partial charge in [0.1, 0.15) is 6.10 Å². The standard InChI is InChI=1S/C16H30O4/c1-7-14-11(3)10(2)12(4)15(19-14)17-8-13-9-18-16(5,6)20-13/h10-15H,7-9H2,1-6H3/t10-,11+,12?,13?,14?,15+/m0/s1. The zero-order valence-corrected chi connectivity index (χ0v) is 13.7. The molecule has 0 spiro atoms. The van der Waals surface area contributed by atoms with Crippen LogP contribution < -0.4 is 0 Å². The van der Waals surface area contributed by atoms with Crippen LogP contribution in [0, 0.1) is 17.8 Å². The highest BCUT2D eigenvalue weighted by atomic mass is 16.8. The van der Waals surface area contributed by atoms with Gasteiger partial charge in [0.2, 0.25) is 0 Å². The van der Waals surface area contributed by atoms with Gasteiger partial charge in [0, 0.05) is 5.92 Å². The van der Waals surface area contributed by atoms with Crippen molar-refractivity contribution in [3.05, 3.63) is 0 Å². The van der Waals surface area contributed by atoms with Gasteiger partial charge in [0.05, 0.1) is 19.3 Å². The predicted octanol–water partition coefficient (Wildman–Crippen LogP) is 3.20. The SMILES string of the molecule is CCC1O[C@@H](OCC2COC(C)(C)O2)C(C)[C@@H](C)[C@H]1C. The van der Waals surface area contributed by atoms with Gasteiger partial charge < -0.3 is 18.9 Å². The molecule has 2 heterocycles. The van der Waals surface area contributed by atoms with E-state index in [9.17, 15) is 0 Å². The number of hydrogen-bond donors (Lipinski definition) is 0. The normalized spacial score (nSPS) is 44.7. The van der Waals surface area contributed by atoms with E-state index in [1.807, 2.05) is 13.8 Å². The van der Waals surface area contributed by atoms with Crippen molar-refractivity contribution in [3.63, 3.8) is 0 Å². The van der Waals surface area contributed by atoms with E-state index < -0.39 is 5.79 Å². The highest BCUT2D eigenvalue weighted by Crippen LogP contribution is 2.36. The quantitative estimate of drug-likeness (QED) is 0.795. The fourth-order valence-corrected chi connectivity index (χ4v) is 3.19. The minimum absolute atomic E-state index is 0.00975. The van der Waals surface area contributed by atoms with Crippen molar-refractivity contribution in [1.82, 2.24) is 0 Å². The van der Waals surface area contributed by atoms with Crippen molar-refractivity contribution in [1.29, 1.82) is 0 Å². The monoisotopic (exact) mass is 286 g/mol. The average molecular weight is 286 g/mol. The third-order valence-electron chi connectivity index (χ3n) is 4.90. The molecule has 3 unspecified atom stereocenters. The van der Waals surface area contributed by atoms with E-state index >= 15 is 0 Å². The zero-order chi connectivity index (χ0) is 14.9. The van der Waals surface area contributed by atoms with E-state index in [1.165, 1.54) is 0 Å². The summed E-state index contributed by atoms with van der Waals surface area (Å²) in [6, 6.07) is 0. The van der Waals surface area contributed by atoms with E-state index in [1.54, 1.807) is 0 Å². The fourth-order valence-electron chi connectivity index (χ4n) is 3.19. The zero-order valence-electron chi connectivity index (χ0n) is 13.7. The molecule has 4 heteroatoms. The molecule has 20 heavy (non-hydrogen) atoms. The van der Waals surface area contributed by atoms with Crippen LogP contribution in [-0.2, 0) is 18.9 Å². The Kier molecular flexibility index (Phi) is 5.11. The second kappa shape index (κ2) is 6.30. The summed E-state index contributed by atoms with van der Waals surface area (Å²) in [7, 11) is 0. The molecule has 2 rings (SSSR count). The molecule has 0 amide bonds. The predicted molar refractivity (Wildman–Crippen MR) is 77.3 cm³/mol. The van der Waals surface area contributed by atoms with Crippen LogP contribution in [0.15, 0.2) is 0 Å². The molecule has 118 valence electrons. The number of rotatable bonds is 4. The molecular weight excluding hydrogens is 256 g/mol. The largest absolute Gasteiger partial charge is 0.350 e. The summed E-state index contributed by atoms with van der Waals surface area (Å²) >= 11 is 0. The van der Waals surface area contributed by atoms with E-state index in [4.69, 9.17) is 18.9 Å². The van der Waals surface area contributed by atoms with Crippen molar-refractivity contribution in [2.45, 2.75) is 72.2 Å². The molecule has 2 aliphatic rings. The fraction of sp³-hybridized carbons (Fsp3) is 1.00. The summed E-state index contributed by atoms with van der Waals surface area (Å²) in [5.74, 6) is 1.11. The Morgan fingerprint density at radius 1 is 1.10 bits per heavy atom. The summed E-state index contributed by atoms with van der Waals surface area (Å²) in [4.78, 5) is 0. The lowest BCUT2D eigenvalue weighted by Gasteiger charge is -2.43. The van der Waals surface area contributed by atoms with Crippen molar-refractivity contribution in [3.8, 4) is 0 Å². The molecule has 0 aromatic heterocycles. The Bertz CT molecular complexity index is 316. The molecule has 0 aromatic carbocycles. The van der Waals surface area contributed by atoms with Gasteiger partial charge in [-0.1, -0.05) is 27.7 Å². The van der Waals surface area contributed by atoms with Gasteiger partial charge in [-0.3, -0.25) is 0 Å². The lowest BCUT2D eigenvalue weighted by molar-refractivity contribution is -0.257. The average Bonchev–Trinajstić information content (AvgIpc) is 2.75. The molecule has 2 aliphatic heterocycles. The minimum atomic E-state index is -0.485. The molecule has 0 aromatic rings. The Labute approximate surface area is 123 Å². The van der Waals surface area contributed by atoms with Crippen molar-refractivity contribution < 1.29 is 18.9 Å². The van der Waals surface area contributed by atoms with Crippen LogP contribution >= 0.6 is 0 Å². The maximum atomic E-state index is 6.12. The molecule has 0 aliphatic carbocycles. The van der Waals surface area contributed by atoms with E-state index in [2.05, 4.69) is 27.7 Å². The van der Waals surface area contributed by atoms with E-state index in [0.717, 1.165) is 6.42 Å². The summed E-state index contributed by atoms with van der Waals surface area (Å²) in [5, 5.41) is 0. The van der Waals surface area contributed by atoms with E-state index in [0.29, 0.717) is 37.1 Å². The number of ether oxygens (including phenoxy) is 4. The second-order valence-electron chi connectivity index (χ2n) is 6.81. The molecular formula is C16H30O4. The molecule has 2 saturated heterocycles. The molecule has 6 atom stereocenters. The van der Waals surface area contributed by atoms with Crippen LogP contribution in [0.1, 0.15) is 48.0 Å². The highest BCUT2D eigenvalue weighted by molar-refractivity contribution is 4.82. The molecule has 0 radical (unpaired) electrons. The summed E-state index contributed by atoms with van der Waals surface area (Å²) < 4.78 is 23.5. The van der Waals surface area contributed by atoms with Gasteiger partial charge in [-0.05, 0) is 32.1 Å². The first-order valence-electron chi connectivity index (χ1n) is 7.93. The minimum Gasteiger partial charge on any atom is -0.350 e.